The van der Waals surface area contributed by atoms with Gasteiger partial charge in [0, 0.05) is 18.8 Å². The number of hydrogen-bond acceptors (Lipinski definition) is 2. The number of likely N-dealkylation sites (N-methyl/N-ethyl adjacent to an activating group) is 1. The van der Waals surface area contributed by atoms with Crippen molar-refractivity contribution in [1.82, 2.24) is 15.1 Å². The van der Waals surface area contributed by atoms with E-state index in [-0.39, 0.29) is 0 Å². The molecule has 0 amide bonds. The van der Waals surface area contributed by atoms with Crippen LogP contribution in [0.3, 0.4) is 0 Å². The molecule has 19 heavy (non-hydrogen) atoms. The summed E-state index contributed by atoms with van der Waals surface area (Å²) in [6, 6.07) is 0.600. The number of rotatable bonds is 9. The van der Waals surface area contributed by atoms with E-state index in [0.717, 1.165) is 13.0 Å². The predicted octanol–water partition coefficient (Wildman–Crippen LogP) is 3.53. The summed E-state index contributed by atoms with van der Waals surface area (Å²) in [7, 11) is 2.04. The highest BCUT2D eigenvalue weighted by atomic mass is 15.3. The maximum Gasteiger partial charge on any atom is 0.0628 e. The molecule has 0 aliphatic carbocycles. The van der Waals surface area contributed by atoms with E-state index in [9.17, 15) is 0 Å². The van der Waals surface area contributed by atoms with Gasteiger partial charge in [-0.15, -0.1) is 0 Å². The van der Waals surface area contributed by atoms with Gasteiger partial charge >= 0.3 is 0 Å². The first kappa shape index (κ1) is 16.2. The second-order valence-electron chi connectivity index (χ2n) is 5.58. The Balaban J connectivity index is 2.56. The molecule has 0 aromatic carbocycles. The van der Waals surface area contributed by atoms with E-state index in [4.69, 9.17) is 0 Å². The lowest BCUT2D eigenvalue weighted by Crippen LogP contribution is -2.31. The Morgan fingerprint density at radius 1 is 1.16 bits per heavy atom. The lowest BCUT2D eigenvalue weighted by Gasteiger charge is -2.18. The Kier molecular flexibility index (Phi) is 7.14. The molecule has 0 aliphatic heterocycles. The molecule has 1 atom stereocenters. The van der Waals surface area contributed by atoms with Crippen LogP contribution in [0.4, 0.5) is 0 Å². The zero-order valence-electron chi connectivity index (χ0n) is 13.4. The summed E-state index contributed by atoms with van der Waals surface area (Å²) < 4.78 is 2.00. The van der Waals surface area contributed by atoms with Gasteiger partial charge in [0.25, 0.3) is 0 Å². The Morgan fingerprint density at radius 2 is 1.89 bits per heavy atom. The van der Waals surface area contributed by atoms with Crippen LogP contribution in [0.5, 0.6) is 0 Å². The quantitative estimate of drug-likeness (QED) is 0.692. The van der Waals surface area contributed by atoms with Crippen LogP contribution in [-0.4, -0.2) is 22.4 Å². The lowest BCUT2D eigenvalue weighted by molar-refractivity contribution is 0.462. The third kappa shape index (κ3) is 4.98. The number of unbranched alkanes of at least 4 members (excludes halogenated alkanes) is 3. The standard InChI is InChI=1S/C16H31N3/c1-6-8-9-10-11-15(17-7-2)12-16-13(3)18-19(5)14(16)4/h15,17H,6-12H2,1-5H3. The monoisotopic (exact) mass is 265 g/mol. The van der Waals surface area contributed by atoms with Crippen LogP contribution in [0.2, 0.25) is 0 Å². The van der Waals surface area contributed by atoms with Crippen molar-refractivity contribution in [2.45, 2.75) is 72.3 Å². The maximum absolute atomic E-state index is 4.52. The van der Waals surface area contributed by atoms with Crippen LogP contribution in [0.25, 0.3) is 0 Å². The SMILES string of the molecule is CCCCCCC(Cc1c(C)nn(C)c1C)NCC. The zero-order valence-corrected chi connectivity index (χ0v) is 13.4. The van der Waals surface area contributed by atoms with Gasteiger partial charge in [-0.3, -0.25) is 4.68 Å². The van der Waals surface area contributed by atoms with E-state index in [1.807, 2.05) is 11.7 Å². The molecule has 0 spiro atoms. The van der Waals surface area contributed by atoms with E-state index in [1.165, 1.54) is 49.1 Å². The normalized spacial score (nSPS) is 12.9. The Labute approximate surface area is 118 Å². The number of nitrogens with one attached hydrogen (secondary N) is 1. The highest BCUT2D eigenvalue weighted by molar-refractivity contribution is 5.25. The van der Waals surface area contributed by atoms with Gasteiger partial charge in [-0.2, -0.15) is 5.10 Å². The predicted molar refractivity (Wildman–Crippen MR) is 82.6 cm³/mol. The van der Waals surface area contributed by atoms with Crippen molar-refractivity contribution in [3.63, 3.8) is 0 Å². The average molecular weight is 265 g/mol. The summed E-state index contributed by atoms with van der Waals surface area (Å²) in [5, 5.41) is 8.16. The smallest absolute Gasteiger partial charge is 0.0628 e. The molecule has 0 saturated heterocycles. The summed E-state index contributed by atoms with van der Waals surface area (Å²) in [6.07, 6.45) is 7.77. The maximum atomic E-state index is 4.52. The first-order valence-electron chi connectivity index (χ1n) is 7.82. The molecule has 3 heteroatoms. The molecular formula is C16H31N3. The summed E-state index contributed by atoms with van der Waals surface area (Å²) >= 11 is 0. The molecule has 0 radical (unpaired) electrons. The zero-order chi connectivity index (χ0) is 14.3. The number of aromatic nitrogens is 2. The molecule has 0 saturated carbocycles. The Hall–Kier alpha value is -0.830. The Bertz CT molecular complexity index is 368. The van der Waals surface area contributed by atoms with Crippen LogP contribution in [0, 0.1) is 13.8 Å². The van der Waals surface area contributed by atoms with Gasteiger partial charge in [0.05, 0.1) is 5.69 Å². The van der Waals surface area contributed by atoms with Crippen LogP contribution in [0.15, 0.2) is 0 Å². The van der Waals surface area contributed by atoms with Crippen molar-refractivity contribution >= 4 is 0 Å². The first-order valence-corrected chi connectivity index (χ1v) is 7.82. The molecule has 1 N–H and O–H groups in total. The second kappa shape index (κ2) is 8.36. The van der Waals surface area contributed by atoms with E-state index in [2.05, 4.69) is 38.1 Å². The molecule has 1 aromatic heterocycles. The van der Waals surface area contributed by atoms with Gasteiger partial charge in [0.15, 0.2) is 0 Å². The van der Waals surface area contributed by atoms with Crippen molar-refractivity contribution < 1.29 is 0 Å². The third-order valence-electron chi connectivity index (χ3n) is 4.01. The van der Waals surface area contributed by atoms with E-state index >= 15 is 0 Å². The lowest BCUT2D eigenvalue weighted by atomic mass is 9.99. The molecule has 0 fully saturated rings. The van der Waals surface area contributed by atoms with Gasteiger partial charge in [-0.1, -0.05) is 39.5 Å². The number of aryl methyl sites for hydroxylation is 2. The van der Waals surface area contributed by atoms with Crippen LogP contribution in [0.1, 0.15) is 62.9 Å². The van der Waals surface area contributed by atoms with Crippen molar-refractivity contribution in [1.29, 1.82) is 0 Å². The summed E-state index contributed by atoms with van der Waals surface area (Å²) in [5.41, 5.74) is 3.94. The van der Waals surface area contributed by atoms with Crippen molar-refractivity contribution in [3.05, 3.63) is 17.0 Å². The molecule has 1 rings (SSSR count). The fourth-order valence-corrected chi connectivity index (χ4v) is 2.74. The average Bonchev–Trinajstić information content (AvgIpc) is 2.61. The van der Waals surface area contributed by atoms with Crippen LogP contribution >= 0.6 is 0 Å². The fourth-order valence-electron chi connectivity index (χ4n) is 2.74. The van der Waals surface area contributed by atoms with Crippen molar-refractivity contribution in [3.8, 4) is 0 Å². The molecule has 0 aliphatic rings. The van der Waals surface area contributed by atoms with Gasteiger partial charge < -0.3 is 5.32 Å². The molecule has 110 valence electrons. The largest absolute Gasteiger partial charge is 0.314 e. The minimum atomic E-state index is 0.600. The van der Waals surface area contributed by atoms with Crippen LogP contribution < -0.4 is 5.32 Å². The van der Waals surface area contributed by atoms with Gasteiger partial charge in [-0.25, -0.2) is 0 Å². The summed E-state index contributed by atoms with van der Waals surface area (Å²) in [4.78, 5) is 0. The molecule has 1 aromatic rings. The Morgan fingerprint density at radius 3 is 2.42 bits per heavy atom. The van der Waals surface area contributed by atoms with Gasteiger partial charge in [0.2, 0.25) is 0 Å². The number of nitrogens with zero attached hydrogens (tertiary/aromatic N) is 2. The van der Waals surface area contributed by atoms with E-state index in [1.54, 1.807) is 0 Å². The third-order valence-corrected chi connectivity index (χ3v) is 4.01. The summed E-state index contributed by atoms with van der Waals surface area (Å²) in [6.45, 7) is 9.82. The highest BCUT2D eigenvalue weighted by Gasteiger charge is 2.15. The second-order valence-corrected chi connectivity index (χ2v) is 5.58. The highest BCUT2D eigenvalue weighted by Crippen LogP contribution is 2.17. The van der Waals surface area contributed by atoms with Gasteiger partial charge in [-0.05, 0) is 38.8 Å². The fraction of sp³-hybridized carbons (Fsp3) is 0.812. The van der Waals surface area contributed by atoms with Crippen molar-refractivity contribution in [2.75, 3.05) is 6.54 Å². The molecule has 1 heterocycles. The first-order chi connectivity index (χ1) is 9.10. The van der Waals surface area contributed by atoms with Crippen molar-refractivity contribution in [2.24, 2.45) is 7.05 Å². The molecule has 3 nitrogen and oxygen atoms in total. The number of hydrogen-bond donors (Lipinski definition) is 1. The van der Waals surface area contributed by atoms with Gasteiger partial charge in [0.1, 0.15) is 0 Å². The topological polar surface area (TPSA) is 29.9 Å². The molecule has 1 unspecified atom stereocenters. The minimum Gasteiger partial charge on any atom is -0.314 e. The molecule has 0 bridgehead atoms. The van der Waals surface area contributed by atoms with E-state index in [0.29, 0.717) is 6.04 Å². The minimum absolute atomic E-state index is 0.600. The van der Waals surface area contributed by atoms with E-state index < -0.39 is 0 Å². The molecular weight excluding hydrogens is 234 g/mol. The summed E-state index contributed by atoms with van der Waals surface area (Å²) in [5.74, 6) is 0. The van der Waals surface area contributed by atoms with Crippen LogP contribution in [-0.2, 0) is 13.5 Å².